The Balaban J connectivity index is 0.000000266. The van der Waals surface area contributed by atoms with Gasteiger partial charge in [0, 0.05) is 18.4 Å². The van der Waals surface area contributed by atoms with Crippen LogP contribution in [0.1, 0.15) is 62.3 Å². The van der Waals surface area contributed by atoms with Gasteiger partial charge in [-0.2, -0.15) is 18.3 Å². The summed E-state index contributed by atoms with van der Waals surface area (Å²) in [6.07, 6.45) is 9.99. The predicted molar refractivity (Wildman–Crippen MR) is 147 cm³/mol. The summed E-state index contributed by atoms with van der Waals surface area (Å²) < 4.78 is 38.7. The van der Waals surface area contributed by atoms with Crippen LogP contribution in [0.2, 0.25) is 0 Å². The predicted octanol–water partition coefficient (Wildman–Crippen LogP) is 4.74. The van der Waals surface area contributed by atoms with E-state index in [1.54, 1.807) is 23.7 Å². The van der Waals surface area contributed by atoms with E-state index in [1.165, 1.54) is 18.6 Å². The zero-order chi connectivity index (χ0) is 29.7. The van der Waals surface area contributed by atoms with Crippen LogP contribution in [0.3, 0.4) is 0 Å². The average Bonchev–Trinajstić information content (AvgIpc) is 3.68. The second kappa shape index (κ2) is 15.1. The fourth-order valence-electron chi connectivity index (χ4n) is 3.21. The molecule has 1 saturated carbocycles. The molecule has 4 rings (SSSR count). The molecule has 6 N–H and O–H groups in total. The van der Waals surface area contributed by atoms with Crippen molar-refractivity contribution in [1.29, 1.82) is 0 Å². The molecule has 3 aromatic heterocycles. The summed E-state index contributed by atoms with van der Waals surface area (Å²) in [4.78, 5) is 22.7. The van der Waals surface area contributed by atoms with Crippen LogP contribution in [0.5, 0.6) is 0 Å². The molecule has 0 atom stereocenters. The number of alkyl halides is 3. The number of hydrogen-bond donors (Lipinski definition) is 5. The number of hydrogen-bond acceptors (Lipinski definition) is 9. The monoisotopic (exact) mass is 561 g/mol. The van der Waals surface area contributed by atoms with Crippen LogP contribution in [-0.2, 0) is 12.6 Å². The van der Waals surface area contributed by atoms with Crippen molar-refractivity contribution in [3.8, 4) is 0 Å². The Kier molecular flexibility index (Phi) is 11.9. The van der Waals surface area contributed by atoms with Gasteiger partial charge in [-0.3, -0.25) is 4.79 Å². The Labute approximate surface area is 230 Å². The first-order valence-electron chi connectivity index (χ1n) is 12.6. The number of aliphatic hydroxyl groups is 1. The zero-order valence-corrected chi connectivity index (χ0v) is 22.7. The molecule has 3 aromatic rings. The van der Waals surface area contributed by atoms with Gasteiger partial charge in [-0.05, 0) is 50.9 Å². The summed E-state index contributed by atoms with van der Waals surface area (Å²) in [6.45, 7) is 7.68. The lowest BCUT2D eigenvalue weighted by atomic mass is 10.1. The number of anilines is 2. The number of carbonyl (C=O) groups is 1. The lowest BCUT2D eigenvalue weighted by molar-refractivity contribution is -0.144. The molecule has 0 bridgehead atoms. The Bertz CT molecular complexity index is 1350. The third-order valence-corrected chi connectivity index (χ3v) is 5.13. The van der Waals surface area contributed by atoms with Gasteiger partial charge < -0.3 is 26.8 Å². The molecule has 40 heavy (non-hydrogen) atoms. The van der Waals surface area contributed by atoms with Crippen molar-refractivity contribution in [2.75, 3.05) is 11.1 Å². The van der Waals surface area contributed by atoms with Crippen LogP contribution in [0.4, 0.5) is 24.8 Å². The quantitative estimate of drug-likeness (QED) is 0.194. The number of carbonyl (C=O) groups excluding carboxylic acids is 1. The molecule has 0 unspecified atom stereocenters. The maximum atomic E-state index is 12.3. The molecule has 11 nitrogen and oxygen atoms in total. The third kappa shape index (κ3) is 8.99. The number of nitrogens with two attached hydrogens (primary N) is 1. The lowest BCUT2D eigenvalue weighted by Crippen LogP contribution is -2.25. The molecule has 3 heterocycles. The van der Waals surface area contributed by atoms with Crippen LogP contribution in [-0.4, -0.2) is 41.6 Å². The lowest BCUT2D eigenvalue weighted by Gasteiger charge is -2.10. The van der Waals surface area contributed by atoms with E-state index in [-0.39, 0.29) is 17.5 Å². The molecular formula is C26H34F3N9O2. The number of rotatable bonds is 8. The number of aliphatic hydroxyl groups excluding tert-OH is 1. The first kappa shape index (κ1) is 31.6. The highest BCUT2D eigenvalue weighted by molar-refractivity contribution is 5.99. The fourth-order valence-corrected chi connectivity index (χ4v) is 3.21. The van der Waals surface area contributed by atoms with E-state index in [9.17, 15) is 18.0 Å². The van der Waals surface area contributed by atoms with Gasteiger partial charge in [0.15, 0.2) is 5.82 Å². The highest BCUT2D eigenvalue weighted by Gasteiger charge is 2.34. The van der Waals surface area contributed by atoms with Gasteiger partial charge in [-0.1, -0.05) is 32.1 Å². The minimum absolute atomic E-state index is 0.0584. The maximum Gasteiger partial charge on any atom is 0.451 e. The molecule has 0 saturated heterocycles. The van der Waals surface area contributed by atoms with Gasteiger partial charge >= 0.3 is 6.18 Å². The van der Waals surface area contributed by atoms with Crippen LogP contribution in [0.15, 0.2) is 61.3 Å². The fraction of sp³-hybridized carbons (Fsp3) is 0.346. The maximum absolute atomic E-state index is 12.3. The summed E-state index contributed by atoms with van der Waals surface area (Å²) in [5.41, 5.74) is 8.14. The van der Waals surface area contributed by atoms with E-state index < -0.39 is 12.0 Å². The number of aromatic nitrogens is 5. The molecule has 0 aromatic carbocycles. The summed E-state index contributed by atoms with van der Waals surface area (Å²) in [7, 11) is 0. The van der Waals surface area contributed by atoms with Crippen molar-refractivity contribution in [3.05, 3.63) is 78.2 Å². The van der Waals surface area contributed by atoms with E-state index in [1.807, 2.05) is 32.9 Å². The summed E-state index contributed by atoms with van der Waals surface area (Å²) in [5, 5.41) is 21.1. The normalized spacial score (nSPS) is 13.4. The van der Waals surface area contributed by atoms with Gasteiger partial charge in [0.05, 0.1) is 5.56 Å². The van der Waals surface area contributed by atoms with Gasteiger partial charge in [0.25, 0.3) is 5.91 Å². The van der Waals surface area contributed by atoms with Gasteiger partial charge in [-0.15, -0.1) is 0 Å². The number of nitrogen functional groups attached to an aromatic ring is 1. The van der Waals surface area contributed by atoms with Crippen molar-refractivity contribution >= 4 is 23.1 Å². The Morgan fingerprint density at radius 2 is 1.95 bits per heavy atom. The highest BCUT2D eigenvalue weighted by Crippen LogP contribution is 2.27. The molecule has 1 aliphatic rings. The minimum Gasteiger partial charge on any atom is -0.512 e. The van der Waals surface area contributed by atoms with Crippen molar-refractivity contribution in [1.82, 2.24) is 35.2 Å². The van der Waals surface area contributed by atoms with E-state index in [0.29, 0.717) is 35.6 Å². The van der Waals surface area contributed by atoms with E-state index in [4.69, 9.17) is 10.8 Å². The van der Waals surface area contributed by atoms with Crippen LogP contribution in [0.25, 0.3) is 5.52 Å². The van der Waals surface area contributed by atoms with Crippen LogP contribution < -0.4 is 21.7 Å². The Morgan fingerprint density at radius 3 is 2.55 bits per heavy atom. The summed E-state index contributed by atoms with van der Waals surface area (Å²) >= 11 is 0. The van der Waals surface area contributed by atoms with Crippen LogP contribution in [0, 0.1) is 0 Å². The molecule has 1 fully saturated rings. The standard InChI is InChI=1S/C14H17N5O.C10H11F3N4O.C2H6/c1-2-3-4-10-11(14(20)18-9-5-6-9)7-19-12(10)13(15)16-8-17-19;1-2-4-14-8(6-18)16-7-3-5-15-9(17-7)10(11,12)13;1-2/h2-3,7-9H,4-6H2,1H3,(H,18,20)(H2,15,16,17);2-6,14,18H,1H3,(H,15,16,17);1-2H3/b3-2-;4-2+,8-6?;. The van der Waals surface area contributed by atoms with Gasteiger partial charge in [0.1, 0.15) is 29.7 Å². The number of allylic oxidation sites excluding steroid dienone is 3. The zero-order valence-electron chi connectivity index (χ0n) is 22.7. The van der Waals surface area contributed by atoms with Gasteiger partial charge in [-0.25, -0.2) is 19.5 Å². The molecular weight excluding hydrogens is 527 g/mol. The average molecular weight is 562 g/mol. The van der Waals surface area contributed by atoms with Crippen molar-refractivity contribution < 1.29 is 23.1 Å². The largest absolute Gasteiger partial charge is 0.512 e. The number of fused-ring (bicyclic) bond motifs is 1. The Morgan fingerprint density at radius 1 is 1.23 bits per heavy atom. The van der Waals surface area contributed by atoms with Gasteiger partial charge in [0.2, 0.25) is 5.82 Å². The number of halogens is 3. The number of nitrogens with one attached hydrogen (secondary N) is 3. The van der Waals surface area contributed by atoms with Crippen molar-refractivity contribution in [2.45, 2.75) is 59.2 Å². The second-order valence-electron chi connectivity index (χ2n) is 8.06. The number of amides is 1. The topological polar surface area (TPSA) is 155 Å². The number of nitrogens with zero attached hydrogens (tertiary/aromatic N) is 5. The van der Waals surface area contributed by atoms with E-state index in [2.05, 4.69) is 36.0 Å². The molecule has 1 aliphatic carbocycles. The molecule has 14 heteroatoms. The second-order valence-corrected chi connectivity index (χ2v) is 8.06. The molecule has 0 radical (unpaired) electrons. The van der Waals surface area contributed by atoms with Crippen LogP contribution >= 0.6 is 0 Å². The Hall–Kier alpha value is -4.62. The first-order chi connectivity index (χ1) is 19.2. The molecule has 216 valence electrons. The summed E-state index contributed by atoms with van der Waals surface area (Å²) in [6, 6.07) is 1.57. The SMILES string of the molecule is C/C=C/NC(=CO)Nc1ccnc(C(F)(F)F)n1.C/C=C\Cc1c(C(=O)NC2CC2)cn2ncnc(N)c12.CC. The molecule has 1 amide bonds. The smallest absolute Gasteiger partial charge is 0.451 e. The molecule has 0 aliphatic heterocycles. The van der Waals surface area contributed by atoms with E-state index >= 15 is 0 Å². The van der Waals surface area contributed by atoms with E-state index in [0.717, 1.165) is 24.6 Å². The molecule has 0 spiro atoms. The minimum atomic E-state index is -4.61. The third-order valence-electron chi connectivity index (χ3n) is 5.13. The first-order valence-corrected chi connectivity index (χ1v) is 12.6. The summed E-state index contributed by atoms with van der Waals surface area (Å²) in [5.74, 6) is -0.924. The van der Waals surface area contributed by atoms with Crippen molar-refractivity contribution in [3.63, 3.8) is 0 Å². The highest BCUT2D eigenvalue weighted by atomic mass is 19.4. The van der Waals surface area contributed by atoms with Crippen molar-refractivity contribution in [2.24, 2.45) is 0 Å².